The summed E-state index contributed by atoms with van der Waals surface area (Å²) in [6.07, 6.45) is -0.390. The Hall–Kier alpha value is -0.380. The summed E-state index contributed by atoms with van der Waals surface area (Å²) in [6.45, 7) is 7.74. The maximum atomic E-state index is 11.0. The molecular formula is C7H15NO2S. The van der Waals surface area contributed by atoms with E-state index in [0.717, 1.165) is 0 Å². The fraction of sp³-hybridized carbons (Fsp3) is 0.857. The number of thiol groups is 1. The van der Waals surface area contributed by atoms with E-state index in [9.17, 15) is 4.79 Å². The molecular weight excluding hydrogens is 162 g/mol. The lowest BCUT2D eigenvalue weighted by Gasteiger charge is -2.28. The highest BCUT2D eigenvalue weighted by Crippen LogP contribution is 2.07. The summed E-state index contributed by atoms with van der Waals surface area (Å²) in [5, 5.41) is 0. The largest absolute Gasteiger partial charge is 0.422 e. The average Bonchev–Trinajstić information content (AvgIpc) is 1.85. The highest BCUT2D eigenvalue weighted by atomic mass is 32.1. The summed E-state index contributed by atoms with van der Waals surface area (Å²) in [5.41, 5.74) is 0. The van der Waals surface area contributed by atoms with E-state index < -0.39 is 6.09 Å². The SMILES string of the molecule is CC(C)N(C(=O)OS)C(C)C. The molecule has 0 spiro atoms. The molecule has 0 rings (SSSR count). The Morgan fingerprint density at radius 1 is 1.27 bits per heavy atom. The van der Waals surface area contributed by atoms with Gasteiger partial charge in [-0.15, -0.1) is 0 Å². The van der Waals surface area contributed by atoms with Crippen molar-refractivity contribution < 1.29 is 8.98 Å². The van der Waals surface area contributed by atoms with E-state index in [1.54, 1.807) is 4.90 Å². The molecule has 0 aliphatic rings. The molecule has 0 saturated heterocycles. The summed E-state index contributed by atoms with van der Waals surface area (Å²) in [6, 6.07) is 0.296. The van der Waals surface area contributed by atoms with Crippen LogP contribution in [0.4, 0.5) is 4.79 Å². The Balaban J connectivity index is 4.22. The van der Waals surface area contributed by atoms with Crippen LogP contribution in [0.15, 0.2) is 0 Å². The molecule has 0 bridgehead atoms. The number of amides is 1. The van der Waals surface area contributed by atoms with E-state index in [2.05, 4.69) is 17.1 Å². The van der Waals surface area contributed by atoms with E-state index in [0.29, 0.717) is 0 Å². The molecule has 11 heavy (non-hydrogen) atoms. The Kier molecular flexibility index (Phi) is 4.33. The molecule has 0 aliphatic heterocycles. The van der Waals surface area contributed by atoms with Crippen LogP contribution in [0.3, 0.4) is 0 Å². The van der Waals surface area contributed by atoms with Gasteiger partial charge in [0.15, 0.2) is 0 Å². The first kappa shape index (κ1) is 10.6. The van der Waals surface area contributed by atoms with Gasteiger partial charge in [0.2, 0.25) is 0 Å². The van der Waals surface area contributed by atoms with E-state index >= 15 is 0 Å². The third kappa shape index (κ3) is 3.01. The first-order chi connectivity index (χ1) is 5.00. The van der Waals surface area contributed by atoms with Crippen LogP contribution in [0.25, 0.3) is 0 Å². The average molecular weight is 177 g/mol. The van der Waals surface area contributed by atoms with Crippen molar-refractivity contribution in [3.8, 4) is 0 Å². The predicted octanol–water partition coefficient (Wildman–Crippen LogP) is 2.09. The van der Waals surface area contributed by atoms with Crippen LogP contribution in [-0.2, 0) is 4.18 Å². The van der Waals surface area contributed by atoms with Gasteiger partial charge in [-0.2, -0.15) is 0 Å². The van der Waals surface area contributed by atoms with Crippen LogP contribution < -0.4 is 0 Å². The van der Waals surface area contributed by atoms with E-state index in [-0.39, 0.29) is 12.1 Å². The molecule has 0 aromatic rings. The normalized spacial score (nSPS) is 10.5. The van der Waals surface area contributed by atoms with Crippen LogP contribution in [0.1, 0.15) is 27.7 Å². The van der Waals surface area contributed by atoms with Crippen LogP contribution >= 0.6 is 12.9 Å². The molecule has 1 amide bonds. The topological polar surface area (TPSA) is 29.5 Å². The van der Waals surface area contributed by atoms with Gasteiger partial charge in [0.05, 0.1) is 0 Å². The fourth-order valence-electron chi connectivity index (χ4n) is 1.07. The van der Waals surface area contributed by atoms with Crippen molar-refractivity contribution in [2.75, 3.05) is 0 Å². The lowest BCUT2D eigenvalue weighted by Crippen LogP contribution is -2.41. The molecule has 0 aromatic carbocycles. The molecule has 0 heterocycles. The van der Waals surface area contributed by atoms with Gasteiger partial charge < -0.3 is 9.08 Å². The lowest BCUT2D eigenvalue weighted by molar-refractivity contribution is 0.130. The fourth-order valence-corrected chi connectivity index (χ4v) is 1.16. The standard InChI is InChI=1S/C7H15NO2S/c1-5(2)8(6(3)4)7(9)10-11/h5-6,11H,1-4H3. The zero-order valence-electron chi connectivity index (χ0n) is 7.37. The molecule has 0 radical (unpaired) electrons. The van der Waals surface area contributed by atoms with Crippen molar-refractivity contribution in [3.05, 3.63) is 0 Å². The maximum absolute atomic E-state index is 11.0. The van der Waals surface area contributed by atoms with Crippen molar-refractivity contribution in [2.24, 2.45) is 0 Å². The summed E-state index contributed by atoms with van der Waals surface area (Å²) in [7, 11) is 0. The number of rotatable bonds is 2. The van der Waals surface area contributed by atoms with Gasteiger partial charge in [0.1, 0.15) is 0 Å². The van der Waals surface area contributed by atoms with Crippen molar-refractivity contribution in [1.29, 1.82) is 0 Å². The number of hydrogen-bond donors (Lipinski definition) is 1. The monoisotopic (exact) mass is 177 g/mol. The van der Waals surface area contributed by atoms with Gasteiger partial charge in [-0.3, -0.25) is 0 Å². The Morgan fingerprint density at radius 3 is 1.73 bits per heavy atom. The molecule has 66 valence electrons. The summed E-state index contributed by atoms with van der Waals surface area (Å²) in [5.74, 6) is 0. The second kappa shape index (κ2) is 4.49. The quantitative estimate of drug-likeness (QED) is 0.517. The van der Waals surface area contributed by atoms with Gasteiger partial charge in [-0.25, -0.2) is 4.79 Å². The van der Waals surface area contributed by atoms with Crippen LogP contribution in [0.5, 0.6) is 0 Å². The second-order valence-corrected chi connectivity index (χ2v) is 3.13. The Morgan fingerprint density at radius 2 is 1.64 bits per heavy atom. The number of carbonyl (C=O) groups is 1. The highest BCUT2D eigenvalue weighted by Gasteiger charge is 2.20. The first-order valence-electron chi connectivity index (χ1n) is 3.64. The lowest BCUT2D eigenvalue weighted by atomic mass is 10.2. The van der Waals surface area contributed by atoms with Crippen molar-refractivity contribution in [2.45, 2.75) is 39.8 Å². The predicted molar refractivity (Wildman–Crippen MR) is 47.6 cm³/mol. The maximum Gasteiger partial charge on any atom is 0.422 e. The van der Waals surface area contributed by atoms with Crippen LogP contribution in [0, 0.1) is 0 Å². The molecule has 0 atom stereocenters. The zero-order valence-corrected chi connectivity index (χ0v) is 8.26. The third-order valence-electron chi connectivity index (χ3n) is 1.40. The van der Waals surface area contributed by atoms with E-state index in [1.807, 2.05) is 27.7 Å². The molecule has 0 aliphatic carbocycles. The smallest absolute Gasteiger partial charge is 0.378 e. The Labute approximate surface area is 73.3 Å². The molecule has 0 unspecified atom stereocenters. The zero-order chi connectivity index (χ0) is 9.02. The Bertz CT molecular complexity index is 128. The van der Waals surface area contributed by atoms with Crippen LogP contribution in [0.2, 0.25) is 0 Å². The summed E-state index contributed by atoms with van der Waals surface area (Å²) < 4.78 is 4.32. The van der Waals surface area contributed by atoms with Crippen molar-refractivity contribution >= 4 is 19.0 Å². The summed E-state index contributed by atoms with van der Waals surface area (Å²) in [4.78, 5) is 12.6. The highest BCUT2D eigenvalue weighted by molar-refractivity contribution is 7.75. The van der Waals surface area contributed by atoms with Crippen LogP contribution in [-0.4, -0.2) is 23.1 Å². The molecule has 4 heteroatoms. The third-order valence-corrected chi connectivity index (χ3v) is 1.56. The minimum atomic E-state index is -0.390. The van der Waals surface area contributed by atoms with Gasteiger partial charge in [0.25, 0.3) is 0 Å². The molecule has 0 N–H and O–H groups in total. The number of nitrogens with zero attached hydrogens (tertiary/aromatic N) is 1. The number of carbonyl (C=O) groups excluding carboxylic acids is 1. The van der Waals surface area contributed by atoms with E-state index in [4.69, 9.17) is 0 Å². The molecule has 0 aromatic heterocycles. The minimum Gasteiger partial charge on any atom is -0.378 e. The number of hydrogen-bond acceptors (Lipinski definition) is 3. The molecule has 0 saturated carbocycles. The molecule has 0 fully saturated rings. The van der Waals surface area contributed by atoms with Gasteiger partial charge >= 0.3 is 6.09 Å². The van der Waals surface area contributed by atoms with Gasteiger partial charge in [-0.1, -0.05) is 0 Å². The summed E-state index contributed by atoms with van der Waals surface area (Å²) >= 11 is 3.45. The van der Waals surface area contributed by atoms with Crippen molar-refractivity contribution in [1.82, 2.24) is 4.90 Å². The van der Waals surface area contributed by atoms with Gasteiger partial charge in [-0.05, 0) is 27.7 Å². The second-order valence-electron chi connectivity index (χ2n) is 2.95. The van der Waals surface area contributed by atoms with Gasteiger partial charge in [0, 0.05) is 25.0 Å². The van der Waals surface area contributed by atoms with E-state index in [1.165, 1.54) is 0 Å². The first-order valence-corrected chi connectivity index (χ1v) is 4.01. The molecule has 3 nitrogen and oxygen atoms in total. The van der Waals surface area contributed by atoms with Crippen molar-refractivity contribution in [3.63, 3.8) is 0 Å². The minimum absolute atomic E-state index is 0.148.